The normalized spacial score (nSPS) is 11.1. The summed E-state index contributed by atoms with van der Waals surface area (Å²) in [7, 11) is 2.08. The molecule has 3 aromatic rings. The van der Waals surface area contributed by atoms with Crippen molar-refractivity contribution in [3.8, 4) is 0 Å². The molecule has 0 saturated carbocycles. The average Bonchev–Trinajstić information content (AvgIpc) is 3.10. The number of hydrogen-bond donors (Lipinski definition) is 1. The van der Waals surface area contributed by atoms with Gasteiger partial charge in [-0.05, 0) is 66.3 Å². The zero-order valence-corrected chi connectivity index (χ0v) is 15.5. The molecular weight excluding hydrogens is 344 g/mol. The van der Waals surface area contributed by atoms with Crippen molar-refractivity contribution in [2.24, 2.45) is 0 Å². The molecule has 3 rings (SSSR count). The molecule has 0 aliphatic heterocycles. The molecule has 0 radical (unpaired) electrons. The van der Waals surface area contributed by atoms with Crippen molar-refractivity contribution in [1.82, 2.24) is 14.7 Å². The fourth-order valence-corrected chi connectivity index (χ4v) is 3.94. The minimum Gasteiger partial charge on any atom is -0.330 e. The highest BCUT2D eigenvalue weighted by Crippen LogP contribution is 2.21. The van der Waals surface area contributed by atoms with Crippen LogP contribution in [-0.2, 0) is 13.2 Å². The van der Waals surface area contributed by atoms with Gasteiger partial charge in [0.1, 0.15) is 0 Å². The van der Waals surface area contributed by atoms with E-state index in [1.807, 2.05) is 16.8 Å². The molecule has 7 heteroatoms. The van der Waals surface area contributed by atoms with Crippen LogP contribution >= 0.6 is 34.9 Å². The quantitative estimate of drug-likeness (QED) is 0.634. The monoisotopic (exact) mass is 362 g/mol. The molecule has 1 aromatic carbocycles. The Labute approximate surface area is 149 Å². The Morgan fingerprint density at radius 3 is 2.96 bits per heavy atom. The van der Waals surface area contributed by atoms with Crippen LogP contribution in [0.2, 0.25) is 0 Å². The molecule has 0 aliphatic carbocycles. The standard InChI is InChI=1S/C16H18N4S3/c1-12-4-3-5-14(8-12)17-15-18-20(16(21)23-15)11-19(2)9-13-6-7-22-10-13/h3-8,10H,9,11H2,1-2H3,(H,17,18). The molecule has 0 aliphatic rings. The minimum atomic E-state index is 0.681. The highest BCUT2D eigenvalue weighted by atomic mass is 32.1. The van der Waals surface area contributed by atoms with Gasteiger partial charge in [-0.3, -0.25) is 4.90 Å². The molecule has 0 amide bonds. The third-order valence-electron chi connectivity index (χ3n) is 3.28. The first-order valence-electron chi connectivity index (χ1n) is 7.21. The third-order valence-corrected chi connectivity index (χ3v) is 5.24. The number of nitrogens with one attached hydrogen (secondary N) is 1. The molecule has 0 unspecified atom stereocenters. The van der Waals surface area contributed by atoms with Crippen LogP contribution in [0.3, 0.4) is 0 Å². The number of nitrogens with zero attached hydrogens (tertiary/aromatic N) is 3. The van der Waals surface area contributed by atoms with Crippen molar-refractivity contribution in [3.05, 3.63) is 56.2 Å². The van der Waals surface area contributed by atoms with E-state index >= 15 is 0 Å². The third kappa shape index (κ3) is 4.48. The van der Waals surface area contributed by atoms with Gasteiger partial charge in [0.05, 0.1) is 6.67 Å². The molecule has 2 aromatic heterocycles. The zero-order valence-electron chi connectivity index (χ0n) is 13.0. The van der Waals surface area contributed by atoms with Crippen molar-refractivity contribution in [2.75, 3.05) is 12.4 Å². The van der Waals surface area contributed by atoms with Gasteiger partial charge >= 0.3 is 0 Å². The van der Waals surface area contributed by atoms with E-state index in [0.29, 0.717) is 6.67 Å². The van der Waals surface area contributed by atoms with E-state index < -0.39 is 0 Å². The lowest BCUT2D eigenvalue weighted by molar-refractivity contribution is 0.246. The minimum absolute atomic E-state index is 0.681. The molecule has 0 saturated heterocycles. The van der Waals surface area contributed by atoms with Gasteiger partial charge in [-0.25, -0.2) is 4.68 Å². The molecule has 0 spiro atoms. The molecule has 4 nitrogen and oxygen atoms in total. The Hall–Kier alpha value is -1.54. The lowest BCUT2D eigenvalue weighted by Gasteiger charge is -2.15. The summed E-state index contributed by atoms with van der Waals surface area (Å²) < 4.78 is 2.64. The number of aromatic nitrogens is 2. The van der Waals surface area contributed by atoms with Crippen molar-refractivity contribution < 1.29 is 0 Å². The van der Waals surface area contributed by atoms with Crippen LogP contribution < -0.4 is 5.32 Å². The molecule has 0 atom stereocenters. The Morgan fingerprint density at radius 1 is 1.35 bits per heavy atom. The summed E-state index contributed by atoms with van der Waals surface area (Å²) in [5.74, 6) is 0. The predicted molar refractivity (Wildman–Crippen MR) is 101 cm³/mol. The van der Waals surface area contributed by atoms with Gasteiger partial charge < -0.3 is 5.32 Å². The maximum absolute atomic E-state index is 5.44. The summed E-state index contributed by atoms with van der Waals surface area (Å²) >= 11 is 8.65. The second-order valence-corrected chi connectivity index (χ2v) is 7.86. The van der Waals surface area contributed by atoms with Gasteiger partial charge in [-0.15, -0.1) is 5.10 Å². The van der Waals surface area contributed by atoms with Gasteiger partial charge in [0, 0.05) is 12.2 Å². The maximum atomic E-state index is 5.44. The lowest BCUT2D eigenvalue weighted by atomic mass is 10.2. The van der Waals surface area contributed by atoms with E-state index in [9.17, 15) is 0 Å². The van der Waals surface area contributed by atoms with Crippen LogP contribution in [0.4, 0.5) is 10.8 Å². The topological polar surface area (TPSA) is 33.1 Å². The van der Waals surface area contributed by atoms with Crippen molar-refractivity contribution in [1.29, 1.82) is 0 Å². The summed E-state index contributed by atoms with van der Waals surface area (Å²) in [4.78, 5) is 2.20. The summed E-state index contributed by atoms with van der Waals surface area (Å²) in [6.07, 6.45) is 0. The number of benzene rings is 1. The van der Waals surface area contributed by atoms with Crippen molar-refractivity contribution in [3.63, 3.8) is 0 Å². The molecule has 1 N–H and O–H groups in total. The van der Waals surface area contributed by atoms with E-state index in [1.165, 1.54) is 22.5 Å². The lowest BCUT2D eigenvalue weighted by Crippen LogP contribution is -2.22. The molecule has 23 heavy (non-hydrogen) atoms. The fraction of sp³-hybridized carbons (Fsp3) is 0.250. The molecule has 0 fully saturated rings. The number of hydrogen-bond acceptors (Lipinski definition) is 6. The number of aryl methyl sites for hydroxylation is 1. The smallest absolute Gasteiger partial charge is 0.209 e. The molecule has 0 bridgehead atoms. The number of thiophene rings is 1. The SMILES string of the molecule is Cc1cccc(Nc2nn(CN(C)Cc3ccsc3)c(=S)s2)c1. The number of anilines is 2. The van der Waals surface area contributed by atoms with Crippen LogP contribution in [0.1, 0.15) is 11.1 Å². The highest BCUT2D eigenvalue weighted by molar-refractivity contribution is 7.73. The Kier molecular flexibility index (Phi) is 5.22. The Balaban J connectivity index is 1.67. The van der Waals surface area contributed by atoms with Crippen LogP contribution in [0, 0.1) is 10.9 Å². The van der Waals surface area contributed by atoms with E-state index in [-0.39, 0.29) is 0 Å². The maximum Gasteiger partial charge on any atom is 0.209 e. The highest BCUT2D eigenvalue weighted by Gasteiger charge is 2.07. The summed E-state index contributed by atoms with van der Waals surface area (Å²) in [6.45, 7) is 3.65. The first kappa shape index (κ1) is 16.3. The summed E-state index contributed by atoms with van der Waals surface area (Å²) in [5, 5.41) is 13.0. The van der Waals surface area contributed by atoms with Crippen molar-refractivity contribution >= 4 is 45.7 Å². The van der Waals surface area contributed by atoms with E-state index in [4.69, 9.17) is 12.2 Å². The summed E-state index contributed by atoms with van der Waals surface area (Å²) in [6, 6.07) is 10.4. The van der Waals surface area contributed by atoms with Crippen LogP contribution in [0.25, 0.3) is 0 Å². The first-order valence-corrected chi connectivity index (χ1v) is 9.38. The van der Waals surface area contributed by atoms with E-state index in [1.54, 1.807) is 11.3 Å². The van der Waals surface area contributed by atoms with Crippen molar-refractivity contribution in [2.45, 2.75) is 20.1 Å². The Bertz CT molecular complexity index is 820. The van der Waals surface area contributed by atoms with Crippen LogP contribution in [0.15, 0.2) is 41.1 Å². The molecule has 120 valence electrons. The van der Waals surface area contributed by atoms with E-state index in [0.717, 1.165) is 21.3 Å². The fourth-order valence-electron chi connectivity index (χ4n) is 2.27. The number of rotatable bonds is 6. The van der Waals surface area contributed by atoms with Gasteiger partial charge in [0.15, 0.2) is 3.95 Å². The van der Waals surface area contributed by atoms with Gasteiger partial charge in [0.25, 0.3) is 0 Å². The predicted octanol–water partition coefficient (Wildman–Crippen LogP) is 4.88. The van der Waals surface area contributed by atoms with E-state index in [2.05, 4.69) is 58.2 Å². The molecular formula is C16H18N4S3. The second-order valence-electron chi connectivity index (χ2n) is 5.45. The molecule has 2 heterocycles. The van der Waals surface area contributed by atoms with Gasteiger partial charge in [-0.1, -0.05) is 23.5 Å². The Morgan fingerprint density at radius 2 is 2.22 bits per heavy atom. The van der Waals surface area contributed by atoms with Crippen LogP contribution in [-0.4, -0.2) is 21.7 Å². The summed E-state index contributed by atoms with van der Waals surface area (Å²) in [5.41, 5.74) is 3.57. The second kappa shape index (κ2) is 7.35. The zero-order chi connectivity index (χ0) is 16.2. The van der Waals surface area contributed by atoms with Crippen LogP contribution in [0.5, 0.6) is 0 Å². The first-order chi connectivity index (χ1) is 11.1. The average molecular weight is 363 g/mol. The van der Waals surface area contributed by atoms with Gasteiger partial charge in [0.2, 0.25) is 5.13 Å². The van der Waals surface area contributed by atoms with Gasteiger partial charge in [-0.2, -0.15) is 11.3 Å². The largest absolute Gasteiger partial charge is 0.330 e.